The SMILES string of the molecule is COc1cccc(-c2nnc(CS(=O)(=O)[C@H](C)[C@H](O)c3ncc(C)nc3OC)n2-c2c(OC)cccc2OC)n1. The molecule has 0 bridgehead atoms. The van der Waals surface area contributed by atoms with Gasteiger partial charge in [-0.1, -0.05) is 12.1 Å². The Morgan fingerprint density at radius 1 is 0.925 bits per heavy atom. The van der Waals surface area contributed by atoms with Crippen molar-refractivity contribution in [2.45, 2.75) is 31.0 Å². The second kappa shape index (κ2) is 11.8. The van der Waals surface area contributed by atoms with Crippen LogP contribution in [0.4, 0.5) is 0 Å². The topological polar surface area (TPSA) is 161 Å². The molecule has 0 saturated heterocycles. The van der Waals surface area contributed by atoms with E-state index in [4.69, 9.17) is 18.9 Å². The van der Waals surface area contributed by atoms with Crippen molar-refractivity contribution in [1.29, 1.82) is 0 Å². The van der Waals surface area contributed by atoms with Crippen LogP contribution in [0.3, 0.4) is 0 Å². The molecule has 40 heavy (non-hydrogen) atoms. The zero-order valence-electron chi connectivity index (χ0n) is 22.9. The third kappa shape index (κ3) is 5.53. The molecule has 0 aliphatic rings. The minimum Gasteiger partial charge on any atom is -0.494 e. The zero-order valence-corrected chi connectivity index (χ0v) is 23.7. The summed E-state index contributed by atoms with van der Waals surface area (Å²) in [5, 5.41) is 18.2. The van der Waals surface area contributed by atoms with E-state index in [0.717, 1.165) is 0 Å². The van der Waals surface area contributed by atoms with E-state index in [-0.39, 0.29) is 23.2 Å². The maximum Gasteiger partial charge on any atom is 0.238 e. The zero-order chi connectivity index (χ0) is 29.0. The number of sulfone groups is 1. The van der Waals surface area contributed by atoms with E-state index < -0.39 is 26.9 Å². The summed E-state index contributed by atoms with van der Waals surface area (Å²) in [6.45, 7) is 3.09. The molecule has 3 aromatic heterocycles. The third-order valence-corrected chi connectivity index (χ3v) is 8.27. The summed E-state index contributed by atoms with van der Waals surface area (Å²) in [4.78, 5) is 12.8. The molecule has 4 rings (SSSR count). The number of methoxy groups -OCH3 is 4. The van der Waals surface area contributed by atoms with Gasteiger partial charge in [0.1, 0.15) is 40.4 Å². The highest BCUT2D eigenvalue weighted by atomic mass is 32.2. The molecule has 1 aromatic carbocycles. The smallest absolute Gasteiger partial charge is 0.238 e. The van der Waals surface area contributed by atoms with Gasteiger partial charge in [-0.3, -0.25) is 9.55 Å². The molecular formula is C26H30N6O7S. The predicted octanol–water partition coefficient (Wildman–Crippen LogP) is 2.50. The lowest BCUT2D eigenvalue weighted by Crippen LogP contribution is -2.29. The van der Waals surface area contributed by atoms with Crippen molar-refractivity contribution < 1.29 is 32.5 Å². The van der Waals surface area contributed by atoms with E-state index in [9.17, 15) is 13.5 Å². The standard InChI is InChI=1S/C26H30N6O7S/c1-15-13-27-22(26(28-15)39-6)24(33)16(2)40(34,35)14-20-30-31-25(17-9-7-12-21(29-17)38-5)32(20)23-18(36-3)10-8-11-19(23)37-4/h7-13,16,24,33H,14H2,1-6H3/t16-,24+/m1/s1. The van der Waals surface area contributed by atoms with Crippen LogP contribution in [0.25, 0.3) is 17.2 Å². The molecule has 14 heteroatoms. The van der Waals surface area contributed by atoms with Crippen LogP contribution >= 0.6 is 0 Å². The molecule has 0 saturated carbocycles. The quantitative estimate of drug-likeness (QED) is 0.281. The van der Waals surface area contributed by atoms with Crippen molar-refractivity contribution in [2.24, 2.45) is 0 Å². The fourth-order valence-corrected chi connectivity index (χ4v) is 5.39. The van der Waals surface area contributed by atoms with Crippen molar-refractivity contribution in [1.82, 2.24) is 29.7 Å². The Balaban J connectivity index is 1.84. The van der Waals surface area contributed by atoms with Crippen molar-refractivity contribution in [3.63, 3.8) is 0 Å². The molecule has 2 atom stereocenters. The van der Waals surface area contributed by atoms with E-state index in [2.05, 4.69) is 25.1 Å². The maximum atomic E-state index is 13.7. The minimum atomic E-state index is -4.07. The van der Waals surface area contributed by atoms with Gasteiger partial charge < -0.3 is 24.1 Å². The van der Waals surface area contributed by atoms with E-state index in [1.165, 1.54) is 46.1 Å². The van der Waals surface area contributed by atoms with Crippen LogP contribution in [-0.4, -0.2) is 76.9 Å². The number of ether oxygens (including phenoxy) is 4. The summed E-state index contributed by atoms with van der Waals surface area (Å²) in [6, 6.07) is 10.2. The molecule has 0 aliphatic carbocycles. The number of nitrogens with zero attached hydrogens (tertiary/aromatic N) is 6. The second-order valence-corrected chi connectivity index (χ2v) is 11.1. The highest BCUT2D eigenvalue weighted by molar-refractivity contribution is 7.91. The summed E-state index contributed by atoms with van der Waals surface area (Å²) >= 11 is 0. The van der Waals surface area contributed by atoms with Gasteiger partial charge in [0.05, 0.1) is 39.4 Å². The summed E-state index contributed by atoms with van der Waals surface area (Å²) < 4.78 is 50.6. The number of aromatic nitrogens is 6. The number of aryl methyl sites for hydroxylation is 1. The number of rotatable bonds is 11. The lowest BCUT2D eigenvalue weighted by molar-refractivity contribution is 0.165. The maximum absolute atomic E-state index is 13.7. The molecule has 0 amide bonds. The van der Waals surface area contributed by atoms with Crippen LogP contribution in [0.5, 0.6) is 23.3 Å². The minimum absolute atomic E-state index is 0.0123. The first-order chi connectivity index (χ1) is 19.1. The monoisotopic (exact) mass is 570 g/mol. The van der Waals surface area contributed by atoms with Gasteiger partial charge in [-0.05, 0) is 32.0 Å². The van der Waals surface area contributed by atoms with Crippen LogP contribution < -0.4 is 18.9 Å². The Morgan fingerprint density at radius 3 is 2.23 bits per heavy atom. The Morgan fingerprint density at radius 2 is 1.60 bits per heavy atom. The van der Waals surface area contributed by atoms with Gasteiger partial charge in [-0.15, -0.1) is 10.2 Å². The molecular weight excluding hydrogens is 540 g/mol. The van der Waals surface area contributed by atoms with Crippen LogP contribution in [0.2, 0.25) is 0 Å². The van der Waals surface area contributed by atoms with Gasteiger partial charge >= 0.3 is 0 Å². The van der Waals surface area contributed by atoms with Gasteiger partial charge in [-0.2, -0.15) is 0 Å². The molecule has 4 aromatic rings. The Kier molecular flexibility index (Phi) is 8.49. The molecule has 212 valence electrons. The van der Waals surface area contributed by atoms with E-state index in [1.54, 1.807) is 43.3 Å². The number of pyridine rings is 1. The van der Waals surface area contributed by atoms with E-state index in [1.807, 2.05) is 0 Å². The molecule has 0 fully saturated rings. The van der Waals surface area contributed by atoms with Gasteiger partial charge in [0.25, 0.3) is 0 Å². The third-order valence-electron chi connectivity index (χ3n) is 6.22. The Labute approximate surface area is 231 Å². The summed E-state index contributed by atoms with van der Waals surface area (Å²) in [7, 11) is 1.75. The molecule has 0 spiro atoms. The largest absolute Gasteiger partial charge is 0.494 e. The first-order valence-corrected chi connectivity index (χ1v) is 13.8. The molecule has 13 nitrogen and oxygen atoms in total. The summed E-state index contributed by atoms with van der Waals surface area (Å²) in [6.07, 6.45) is -0.0944. The Bertz CT molecular complexity index is 1590. The van der Waals surface area contributed by atoms with Gasteiger partial charge in [-0.25, -0.2) is 18.4 Å². The number of benzene rings is 1. The van der Waals surface area contributed by atoms with Gasteiger partial charge in [0.15, 0.2) is 21.5 Å². The second-order valence-electron chi connectivity index (χ2n) is 8.71. The van der Waals surface area contributed by atoms with Crippen molar-refractivity contribution in [2.75, 3.05) is 28.4 Å². The van der Waals surface area contributed by atoms with Crippen LogP contribution in [-0.2, 0) is 15.6 Å². The first-order valence-electron chi connectivity index (χ1n) is 12.1. The molecule has 1 N–H and O–H groups in total. The van der Waals surface area contributed by atoms with Crippen LogP contribution in [0, 0.1) is 6.92 Å². The Hall–Kier alpha value is -4.30. The predicted molar refractivity (Wildman–Crippen MR) is 145 cm³/mol. The van der Waals surface area contributed by atoms with Crippen molar-refractivity contribution >= 4 is 9.84 Å². The number of hydrogen-bond donors (Lipinski definition) is 1. The fourth-order valence-electron chi connectivity index (χ4n) is 4.06. The number of aliphatic hydroxyl groups is 1. The first kappa shape index (κ1) is 28.7. The average molecular weight is 571 g/mol. The highest BCUT2D eigenvalue weighted by Gasteiger charge is 2.35. The fraction of sp³-hybridized carbons (Fsp3) is 0.346. The van der Waals surface area contributed by atoms with E-state index >= 15 is 0 Å². The van der Waals surface area contributed by atoms with Crippen molar-refractivity contribution in [3.8, 4) is 40.5 Å². The lowest BCUT2D eigenvalue weighted by Gasteiger charge is -2.21. The van der Waals surface area contributed by atoms with Crippen molar-refractivity contribution in [3.05, 3.63) is 59.8 Å². The molecule has 0 aliphatic heterocycles. The van der Waals surface area contributed by atoms with Gasteiger partial charge in [0.2, 0.25) is 11.8 Å². The number of para-hydroxylation sites is 1. The average Bonchev–Trinajstić information content (AvgIpc) is 3.37. The van der Waals surface area contributed by atoms with E-state index in [0.29, 0.717) is 34.5 Å². The normalized spacial score (nSPS) is 13.0. The molecule has 0 unspecified atom stereocenters. The van der Waals surface area contributed by atoms with Crippen LogP contribution in [0.1, 0.15) is 30.2 Å². The number of hydrogen-bond acceptors (Lipinski definition) is 12. The lowest BCUT2D eigenvalue weighted by atomic mass is 10.2. The van der Waals surface area contributed by atoms with Crippen LogP contribution in [0.15, 0.2) is 42.6 Å². The highest BCUT2D eigenvalue weighted by Crippen LogP contribution is 2.37. The van der Waals surface area contributed by atoms with Gasteiger partial charge in [0, 0.05) is 12.3 Å². The number of aliphatic hydroxyl groups excluding tert-OH is 1. The summed E-state index contributed by atoms with van der Waals surface area (Å²) in [5.74, 6) is 0.824. The summed E-state index contributed by atoms with van der Waals surface area (Å²) in [5.41, 5.74) is 1.32. The molecule has 3 heterocycles. The molecule has 0 radical (unpaired) electrons.